The van der Waals surface area contributed by atoms with Gasteiger partial charge in [-0.15, -0.1) is 0 Å². The van der Waals surface area contributed by atoms with Gasteiger partial charge in [0.05, 0.1) is 5.56 Å². The molecule has 0 aromatic heterocycles. The minimum absolute atomic E-state index is 0.382. The minimum atomic E-state index is -0.937. The summed E-state index contributed by atoms with van der Waals surface area (Å²) in [5, 5.41) is 4.86. The van der Waals surface area contributed by atoms with Gasteiger partial charge in [0.25, 0.3) is 5.91 Å². The van der Waals surface area contributed by atoms with Crippen LogP contribution in [0.25, 0.3) is 21.9 Å². The van der Waals surface area contributed by atoms with Crippen molar-refractivity contribution in [2.75, 3.05) is 5.32 Å². The van der Waals surface area contributed by atoms with Crippen molar-refractivity contribution < 1.29 is 14.3 Å². The molecule has 0 spiro atoms. The lowest BCUT2D eigenvalue weighted by atomic mass is 10.0. The van der Waals surface area contributed by atoms with Gasteiger partial charge in [-0.25, -0.2) is 4.79 Å². The summed E-state index contributed by atoms with van der Waals surface area (Å²) in [5.74, 6) is -0.910. The molecule has 1 amide bonds. The first-order chi connectivity index (χ1) is 14.6. The molecule has 4 aromatic rings. The van der Waals surface area contributed by atoms with E-state index in [1.807, 2.05) is 84.9 Å². The summed E-state index contributed by atoms with van der Waals surface area (Å²) < 4.78 is 5.41. The Balaban J connectivity index is 1.47. The highest BCUT2D eigenvalue weighted by molar-refractivity contribution is 6.01. The molecule has 0 unspecified atom stereocenters. The smallest absolute Gasteiger partial charge is 0.338 e. The minimum Gasteiger partial charge on any atom is -0.449 e. The Morgan fingerprint density at radius 3 is 2.23 bits per heavy atom. The monoisotopic (exact) mass is 395 g/mol. The fourth-order valence-corrected chi connectivity index (χ4v) is 3.29. The van der Waals surface area contributed by atoms with Crippen molar-refractivity contribution in [1.82, 2.24) is 0 Å². The van der Waals surface area contributed by atoms with E-state index >= 15 is 0 Å². The Morgan fingerprint density at radius 1 is 0.767 bits per heavy atom. The third-order valence-corrected chi connectivity index (χ3v) is 4.91. The molecule has 0 saturated carbocycles. The molecule has 30 heavy (non-hydrogen) atoms. The van der Waals surface area contributed by atoms with Crippen molar-refractivity contribution in [3.05, 3.63) is 103 Å². The van der Waals surface area contributed by atoms with E-state index in [9.17, 15) is 9.59 Å². The summed E-state index contributed by atoms with van der Waals surface area (Å²) >= 11 is 0. The fraction of sp³-hybridized carbons (Fsp3) is 0.0769. The summed E-state index contributed by atoms with van der Waals surface area (Å²) in [6.45, 7) is 1.57. The van der Waals surface area contributed by atoms with Crippen LogP contribution in [0, 0.1) is 0 Å². The molecule has 4 rings (SSSR count). The summed E-state index contributed by atoms with van der Waals surface area (Å²) in [6.07, 6.45) is -0.937. The normalized spacial score (nSPS) is 11.6. The van der Waals surface area contributed by atoms with E-state index < -0.39 is 12.1 Å². The largest absolute Gasteiger partial charge is 0.449 e. The van der Waals surface area contributed by atoms with E-state index in [1.54, 1.807) is 19.1 Å². The highest BCUT2D eigenvalue weighted by Gasteiger charge is 2.20. The molecule has 0 radical (unpaired) electrons. The molecule has 0 fully saturated rings. The second-order valence-corrected chi connectivity index (χ2v) is 7.01. The van der Waals surface area contributed by atoms with Gasteiger partial charge in [0, 0.05) is 11.3 Å². The number of carbonyl (C=O) groups is 2. The molecule has 1 N–H and O–H groups in total. The van der Waals surface area contributed by atoms with E-state index in [-0.39, 0.29) is 5.91 Å². The fourth-order valence-electron chi connectivity index (χ4n) is 3.29. The molecule has 4 aromatic carbocycles. The molecule has 4 heteroatoms. The van der Waals surface area contributed by atoms with Crippen LogP contribution in [0.3, 0.4) is 0 Å². The molecule has 4 nitrogen and oxygen atoms in total. The Kier molecular flexibility index (Phi) is 5.57. The molecule has 0 bridgehead atoms. The number of hydrogen-bond donors (Lipinski definition) is 1. The molecule has 0 aliphatic rings. The van der Waals surface area contributed by atoms with Crippen molar-refractivity contribution in [1.29, 1.82) is 0 Å². The van der Waals surface area contributed by atoms with Crippen LogP contribution in [0.5, 0.6) is 0 Å². The maximum Gasteiger partial charge on any atom is 0.338 e. The number of hydrogen-bond acceptors (Lipinski definition) is 3. The first kappa shape index (κ1) is 19.4. The lowest BCUT2D eigenvalue weighted by Gasteiger charge is -2.16. The quantitative estimate of drug-likeness (QED) is 0.442. The number of rotatable bonds is 5. The Bertz CT molecular complexity index is 1200. The predicted octanol–water partition coefficient (Wildman–Crippen LogP) is 5.69. The third-order valence-electron chi connectivity index (χ3n) is 4.91. The van der Waals surface area contributed by atoms with Crippen LogP contribution in [-0.4, -0.2) is 18.0 Å². The van der Waals surface area contributed by atoms with Crippen molar-refractivity contribution in [2.24, 2.45) is 0 Å². The third kappa shape index (κ3) is 4.23. The SMILES string of the molecule is C[C@@H](OC(=O)c1ccc2ccccc2c1)C(=O)Nc1ccccc1-c1ccccc1. The number of amides is 1. The second kappa shape index (κ2) is 8.62. The summed E-state index contributed by atoms with van der Waals surface area (Å²) in [7, 11) is 0. The zero-order valence-corrected chi connectivity index (χ0v) is 16.5. The zero-order chi connectivity index (χ0) is 20.9. The Hall–Kier alpha value is -3.92. The first-order valence-electron chi connectivity index (χ1n) is 9.77. The topological polar surface area (TPSA) is 55.4 Å². The summed E-state index contributed by atoms with van der Waals surface area (Å²) in [6, 6.07) is 30.5. The maximum absolute atomic E-state index is 12.7. The van der Waals surface area contributed by atoms with Crippen LogP contribution in [0.4, 0.5) is 5.69 Å². The van der Waals surface area contributed by atoms with E-state index in [4.69, 9.17) is 4.74 Å². The number of fused-ring (bicyclic) bond motifs is 1. The molecule has 0 saturated heterocycles. The number of carbonyl (C=O) groups excluding carboxylic acids is 2. The molecule has 0 heterocycles. The molecule has 1 atom stereocenters. The Labute approximate surface area is 175 Å². The number of ether oxygens (including phenoxy) is 1. The van der Waals surface area contributed by atoms with Gasteiger partial charge >= 0.3 is 5.97 Å². The van der Waals surface area contributed by atoms with Gasteiger partial charge in [-0.2, -0.15) is 0 Å². The van der Waals surface area contributed by atoms with Gasteiger partial charge in [-0.3, -0.25) is 4.79 Å². The molecule has 0 aliphatic heterocycles. The van der Waals surface area contributed by atoms with Crippen LogP contribution in [0.1, 0.15) is 17.3 Å². The van der Waals surface area contributed by atoms with Crippen LogP contribution in [-0.2, 0) is 9.53 Å². The standard InChI is InChI=1S/C26H21NO3/c1-18(30-26(29)22-16-15-19-9-5-6-12-21(19)17-22)25(28)27-24-14-8-7-13-23(24)20-10-3-2-4-11-20/h2-18H,1H3,(H,27,28)/t18-/m1/s1. The van der Waals surface area contributed by atoms with Gasteiger partial charge in [0.15, 0.2) is 6.10 Å². The van der Waals surface area contributed by atoms with Crippen molar-refractivity contribution >= 4 is 28.3 Å². The molecule has 148 valence electrons. The number of anilines is 1. The van der Waals surface area contributed by atoms with Gasteiger partial charge in [0.2, 0.25) is 0 Å². The highest BCUT2D eigenvalue weighted by Crippen LogP contribution is 2.27. The summed E-state index contributed by atoms with van der Waals surface area (Å²) in [5.41, 5.74) is 2.98. The van der Waals surface area contributed by atoms with E-state index in [0.717, 1.165) is 21.9 Å². The van der Waals surface area contributed by atoms with E-state index in [1.165, 1.54) is 0 Å². The molecular weight excluding hydrogens is 374 g/mol. The van der Waals surface area contributed by atoms with Crippen molar-refractivity contribution in [2.45, 2.75) is 13.0 Å². The second-order valence-electron chi connectivity index (χ2n) is 7.01. The Morgan fingerprint density at radius 2 is 1.43 bits per heavy atom. The molecule has 0 aliphatic carbocycles. The van der Waals surface area contributed by atoms with Gasteiger partial charge in [-0.05, 0) is 41.5 Å². The first-order valence-corrected chi connectivity index (χ1v) is 9.77. The van der Waals surface area contributed by atoms with Crippen LogP contribution in [0.15, 0.2) is 97.1 Å². The van der Waals surface area contributed by atoms with Gasteiger partial charge in [0.1, 0.15) is 0 Å². The number of para-hydroxylation sites is 1. The average Bonchev–Trinajstić information content (AvgIpc) is 2.79. The van der Waals surface area contributed by atoms with Gasteiger partial charge < -0.3 is 10.1 Å². The van der Waals surface area contributed by atoms with Crippen LogP contribution < -0.4 is 5.32 Å². The van der Waals surface area contributed by atoms with Crippen molar-refractivity contribution in [3.63, 3.8) is 0 Å². The van der Waals surface area contributed by atoms with Gasteiger partial charge in [-0.1, -0.05) is 78.9 Å². The van der Waals surface area contributed by atoms with Crippen molar-refractivity contribution in [3.8, 4) is 11.1 Å². The van der Waals surface area contributed by atoms with Crippen LogP contribution >= 0.6 is 0 Å². The lowest BCUT2D eigenvalue weighted by molar-refractivity contribution is -0.123. The number of nitrogens with one attached hydrogen (secondary N) is 1. The van der Waals surface area contributed by atoms with Crippen LogP contribution in [0.2, 0.25) is 0 Å². The van der Waals surface area contributed by atoms with E-state index in [2.05, 4.69) is 5.32 Å². The average molecular weight is 395 g/mol. The highest BCUT2D eigenvalue weighted by atomic mass is 16.5. The number of esters is 1. The van der Waals surface area contributed by atoms with E-state index in [0.29, 0.717) is 11.3 Å². The lowest BCUT2D eigenvalue weighted by Crippen LogP contribution is -2.30. The zero-order valence-electron chi connectivity index (χ0n) is 16.5. The summed E-state index contributed by atoms with van der Waals surface area (Å²) in [4.78, 5) is 25.2. The number of benzene rings is 4. The maximum atomic E-state index is 12.7. The predicted molar refractivity (Wildman–Crippen MR) is 119 cm³/mol. The molecular formula is C26H21NO3.